The zero-order valence-electron chi connectivity index (χ0n) is 13.7. The molecule has 0 amide bonds. The van der Waals surface area contributed by atoms with E-state index >= 15 is 0 Å². The first-order valence-electron chi connectivity index (χ1n) is 8.27. The Hall–Kier alpha value is -1.85. The van der Waals surface area contributed by atoms with Gasteiger partial charge < -0.3 is 15.2 Å². The third-order valence-corrected chi connectivity index (χ3v) is 3.63. The van der Waals surface area contributed by atoms with Crippen LogP contribution in [-0.4, -0.2) is 35.7 Å². The minimum absolute atomic E-state index is 0.639. The average molecular weight is 305 g/mol. The van der Waals surface area contributed by atoms with Crippen LogP contribution in [0.4, 0.5) is 0 Å². The number of nitrogens with zero attached hydrogens (tertiary/aromatic N) is 3. The van der Waals surface area contributed by atoms with E-state index in [4.69, 9.17) is 4.52 Å². The maximum Gasteiger partial charge on any atom is 0.228 e. The zero-order valence-corrected chi connectivity index (χ0v) is 13.7. The molecule has 1 aromatic heterocycles. The molecule has 1 heterocycles. The van der Waals surface area contributed by atoms with Gasteiger partial charge in [0.05, 0.1) is 6.54 Å². The molecule has 1 aliphatic rings. The second-order valence-corrected chi connectivity index (χ2v) is 5.53. The van der Waals surface area contributed by atoms with Crippen molar-refractivity contribution in [2.75, 3.05) is 19.6 Å². The lowest BCUT2D eigenvalue weighted by molar-refractivity contribution is 0.376. The molecule has 122 valence electrons. The molecule has 0 saturated carbocycles. The van der Waals surface area contributed by atoms with Gasteiger partial charge in [-0.15, -0.1) is 0 Å². The quantitative estimate of drug-likeness (QED) is 0.459. The van der Waals surface area contributed by atoms with E-state index in [0.717, 1.165) is 25.5 Å². The number of guanidine groups is 1. The van der Waals surface area contributed by atoms with Crippen molar-refractivity contribution < 1.29 is 4.52 Å². The molecule has 0 aliphatic heterocycles. The minimum atomic E-state index is 0.639. The molecule has 1 aliphatic carbocycles. The molecule has 0 aromatic carbocycles. The third-order valence-electron chi connectivity index (χ3n) is 3.63. The van der Waals surface area contributed by atoms with E-state index < -0.39 is 0 Å². The molecule has 0 radical (unpaired) electrons. The molecule has 0 bridgehead atoms. The van der Waals surface area contributed by atoms with Gasteiger partial charge in [-0.25, -0.2) is 0 Å². The van der Waals surface area contributed by atoms with Gasteiger partial charge in [-0.2, -0.15) is 4.98 Å². The Labute approximate surface area is 132 Å². The van der Waals surface area contributed by atoms with Gasteiger partial charge in [0.15, 0.2) is 11.8 Å². The number of aliphatic imine (C=N–C) groups is 1. The van der Waals surface area contributed by atoms with Gasteiger partial charge >= 0.3 is 0 Å². The Bertz CT molecular complexity index is 506. The van der Waals surface area contributed by atoms with Gasteiger partial charge in [0.1, 0.15) is 0 Å². The van der Waals surface area contributed by atoms with Crippen molar-refractivity contribution in [2.45, 2.75) is 52.4 Å². The summed E-state index contributed by atoms with van der Waals surface area (Å²) in [6.45, 7) is 6.31. The fourth-order valence-electron chi connectivity index (χ4n) is 2.52. The third kappa shape index (κ3) is 5.87. The Morgan fingerprint density at radius 3 is 2.91 bits per heavy atom. The maximum absolute atomic E-state index is 5.09. The lowest BCUT2D eigenvalue weighted by Gasteiger charge is -2.15. The standard InChI is InChI=1S/C16H27N5O/c1-3-17-16(18-11-9-14-7-5-4-6-8-14)19-12-10-15-20-13(2)21-22-15/h7H,3-6,8-12H2,1-2H3,(H2,17,18,19). The first kappa shape index (κ1) is 16.5. The second-order valence-electron chi connectivity index (χ2n) is 5.53. The van der Waals surface area contributed by atoms with Crippen LogP contribution in [0.5, 0.6) is 0 Å². The highest BCUT2D eigenvalue weighted by molar-refractivity contribution is 5.79. The highest BCUT2D eigenvalue weighted by atomic mass is 16.5. The lowest BCUT2D eigenvalue weighted by Crippen LogP contribution is -2.38. The van der Waals surface area contributed by atoms with Crippen molar-refractivity contribution in [2.24, 2.45) is 4.99 Å². The molecule has 0 atom stereocenters. The Morgan fingerprint density at radius 2 is 2.23 bits per heavy atom. The summed E-state index contributed by atoms with van der Waals surface area (Å²) < 4.78 is 5.09. The Morgan fingerprint density at radius 1 is 1.32 bits per heavy atom. The van der Waals surface area contributed by atoms with Crippen LogP contribution in [0.2, 0.25) is 0 Å². The first-order chi connectivity index (χ1) is 10.8. The van der Waals surface area contributed by atoms with Crippen LogP contribution >= 0.6 is 0 Å². The van der Waals surface area contributed by atoms with Crippen molar-refractivity contribution in [3.05, 3.63) is 23.4 Å². The number of aromatic nitrogens is 2. The van der Waals surface area contributed by atoms with Crippen molar-refractivity contribution in [3.8, 4) is 0 Å². The maximum atomic E-state index is 5.09. The van der Waals surface area contributed by atoms with Crippen molar-refractivity contribution in [3.63, 3.8) is 0 Å². The minimum Gasteiger partial charge on any atom is -0.357 e. The molecule has 22 heavy (non-hydrogen) atoms. The van der Waals surface area contributed by atoms with E-state index in [1.165, 1.54) is 25.7 Å². The molecule has 1 aromatic rings. The second kappa shape index (κ2) is 9.23. The normalized spacial score (nSPS) is 15.5. The molecular weight excluding hydrogens is 278 g/mol. The summed E-state index contributed by atoms with van der Waals surface area (Å²) in [6, 6.07) is 0. The van der Waals surface area contributed by atoms with Gasteiger partial charge in [0.25, 0.3) is 0 Å². The summed E-state index contributed by atoms with van der Waals surface area (Å²) in [5.74, 6) is 2.17. The Kier molecular flexibility index (Phi) is 6.93. The Balaban J connectivity index is 1.73. The summed E-state index contributed by atoms with van der Waals surface area (Å²) in [6.07, 6.45) is 9.35. The van der Waals surface area contributed by atoms with Gasteiger partial charge in [0.2, 0.25) is 5.89 Å². The van der Waals surface area contributed by atoms with E-state index in [1.54, 1.807) is 5.57 Å². The van der Waals surface area contributed by atoms with Crippen LogP contribution in [-0.2, 0) is 6.42 Å². The zero-order chi connectivity index (χ0) is 15.6. The number of aryl methyl sites for hydroxylation is 1. The van der Waals surface area contributed by atoms with Crippen molar-refractivity contribution in [1.82, 2.24) is 20.8 Å². The van der Waals surface area contributed by atoms with Gasteiger partial charge in [-0.05, 0) is 46.0 Å². The van der Waals surface area contributed by atoms with E-state index in [2.05, 4.69) is 38.8 Å². The molecular formula is C16H27N5O. The fraction of sp³-hybridized carbons (Fsp3) is 0.688. The average Bonchev–Trinajstić information content (AvgIpc) is 2.94. The number of rotatable bonds is 7. The first-order valence-corrected chi connectivity index (χ1v) is 8.27. The number of hydrogen-bond acceptors (Lipinski definition) is 4. The topological polar surface area (TPSA) is 75.3 Å². The predicted molar refractivity (Wildman–Crippen MR) is 87.9 cm³/mol. The monoisotopic (exact) mass is 305 g/mol. The van der Waals surface area contributed by atoms with Crippen LogP contribution in [0.25, 0.3) is 0 Å². The number of allylic oxidation sites excluding steroid dienone is 1. The van der Waals surface area contributed by atoms with Crippen LogP contribution < -0.4 is 10.6 Å². The van der Waals surface area contributed by atoms with Crippen molar-refractivity contribution in [1.29, 1.82) is 0 Å². The van der Waals surface area contributed by atoms with Crippen LogP contribution in [0, 0.1) is 6.92 Å². The number of nitrogens with one attached hydrogen (secondary N) is 2. The smallest absolute Gasteiger partial charge is 0.228 e. The molecule has 0 spiro atoms. The SMILES string of the molecule is CCNC(=NCCc1nc(C)no1)NCCC1=CCCCC1. The highest BCUT2D eigenvalue weighted by Crippen LogP contribution is 2.19. The van der Waals surface area contributed by atoms with E-state index in [-0.39, 0.29) is 0 Å². The van der Waals surface area contributed by atoms with Crippen LogP contribution in [0.3, 0.4) is 0 Å². The fourth-order valence-corrected chi connectivity index (χ4v) is 2.52. The number of hydrogen-bond donors (Lipinski definition) is 2. The summed E-state index contributed by atoms with van der Waals surface area (Å²) in [5.41, 5.74) is 1.58. The molecule has 6 heteroatoms. The lowest BCUT2D eigenvalue weighted by atomic mass is 9.97. The van der Waals surface area contributed by atoms with E-state index in [1.807, 2.05) is 6.92 Å². The highest BCUT2D eigenvalue weighted by Gasteiger charge is 2.05. The van der Waals surface area contributed by atoms with Crippen molar-refractivity contribution >= 4 is 5.96 Å². The van der Waals surface area contributed by atoms with E-state index in [9.17, 15) is 0 Å². The predicted octanol–water partition coefficient (Wildman–Crippen LogP) is 2.37. The molecule has 0 saturated heterocycles. The summed E-state index contributed by atoms with van der Waals surface area (Å²) in [7, 11) is 0. The van der Waals surface area contributed by atoms with E-state index in [0.29, 0.717) is 24.7 Å². The summed E-state index contributed by atoms with van der Waals surface area (Å²) >= 11 is 0. The summed E-state index contributed by atoms with van der Waals surface area (Å²) in [5, 5.41) is 10.4. The van der Waals surface area contributed by atoms with Crippen LogP contribution in [0.1, 0.15) is 50.7 Å². The van der Waals surface area contributed by atoms with Gasteiger partial charge in [-0.1, -0.05) is 16.8 Å². The van der Waals surface area contributed by atoms with Crippen LogP contribution in [0.15, 0.2) is 21.2 Å². The van der Waals surface area contributed by atoms with Gasteiger partial charge in [-0.3, -0.25) is 4.99 Å². The molecule has 0 fully saturated rings. The molecule has 6 nitrogen and oxygen atoms in total. The van der Waals surface area contributed by atoms with Gasteiger partial charge in [0, 0.05) is 19.5 Å². The largest absolute Gasteiger partial charge is 0.357 e. The summed E-state index contributed by atoms with van der Waals surface area (Å²) in [4.78, 5) is 8.73. The molecule has 2 rings (SSSR count). The molecule has 2 N–H and O–H groups in total. The molecule has 0 unspecified atom stereocenters.